The quantitative estimate of drug-likeness (QED) is 0.818. The maximum absolute atomic E-state index is 12.1. The van der Waals surface area contributed by atoms with Gasteiger partial charge in [0.2, 0.25) is 0 Å². The number of nitrogens with one attached hydrogen (secondary N) is 2. The fourth-order valence-electron chi connectivity index (χ4n) is 2.05. The Kier molecular flexibility index (Phi) is 4.59. The zero-order valence-corrected chi connectivity index (χ0v) is 13.4. The molecule has 0 unspecified atom stereocenters. The van der Waals surface area contributed by atoms with Crippen molar-refractivity contribution in [3.8, 4) is 5.75 Å². The first-order valence-corrected chi connectivity index (χ1v) is 7.16. The summed E-state index contributed by atoms with van der Waals surface area (Å²) in [4.78, 5) is 23.2. The smallest absolute Gasteiger partial charge is 0.406 e. The summed E-state index contributed by atoms with van der Waals surface area (Å²) in [5.74, 6) is -0.324. The van der Waals surface area contributed by atoms with E-state index in [1.165, 1.54) is 24.3 Å². The molecule has 0 heterocycles. The molecule has 0 spiro atoms. The van der Waals surface area contributed by atoms with Crippen LogP contribution < -0.4 is 26.2 Å². The molecule has 24 heavy (non-hydrogen) atoms. The molecular formula is C16H17F3N2O3. The molecule has 130 valence electrons. The average molecular weight is 342 g/mol. The van der Waals surface area contributed by atoms with Crippen LogP contribution in [-0.2, 0) is 6.54 Å². The summed E-state index contributed by atoms with van der Waals surface area (Å²) in [6.07, 6.45) is -4.74. The first kappa shape index (κ1) is 17.8. The topological polar surface area (TPSA) is 67.4 Å². The zero-order valence-electron chi connectivity index (χ0n) is 13.4. The second-order valence-electron chi connectivity index (χ2n) is 6.33. The number of anilines is 2. The van der Waals surface area contributed by atoms with E-state index in [0.717, 1.165) is 0 Å². The van der Waals surface area contributed by atoms with Gasteiger partial charge < -0.3 is 15.4 Å². The van der Waals surface area contributed by atoms with Crippen LogP contribution >= 0.6 is 0 Å². The van der Waals surface area contributed by atoms with Gasteiger partial charge in [-0.1, -0.05) is 12.1 Å². The number of benzene rings is 1. The van der Waals surface area contributed by atoms with E-state index in [9.17, 15) is 22.8 Å². The van der Waals surface area contributed by atoms with Gasteiger partial charge in [-0.25, -0.2) is 0 Å². The van der Waals surface area contributed by atoms with E-state index in [1.54, 1.807) is 0 Å². The molecule has 0 aromatic heterocycles. The number of alkyl halides is 3. The number of ether oxygens (including phenoxy) is 1. The second kappa shape index (κ2) is 6.18. The van der Waals surface area contributed by atoms with Crippen molar-refractivity contribution in [2.45, 2.75) is 39.2 Å². The van der Waals surface area contributed by atoms with Crippen molar-refractivity contribution < 1.29 is 17.9 Å². The Morgan fingerprint density at radius 1 is 0.958 bits per heavy atom. The van der Waals surface area contributed by atoms with Crippen molar-refractivity contribution in [2.75, 3.05) is 10.6 Å². The average Bonchev–Trinajstić information content (AvgIpc) is 2.45. The molecule has 0 saturated carbocycles. The minimum absolute atomic E-state index is 0.186. The predicted octanol–water partition coefficient (Wildman–Crippen LogP) is 3.00. The van der Waals surface area contributed by atoms with Gasteiger partial charge >= 0.3 is 6.36 Å². The summed E-state index contributed by atoms with van der Waals surface area (Å²) in [7, 11) is 0. The minimum atomic E-state index is -4.74. The molecule has 2 aromatic rings. The summed E-state index contributed by atoms with van der Waals surface area (Å²) >= 11 is 0. The van der Waals surface area contributed by atoms with Gasteiger partial charge in [0, 0.05) is 12.1 Å². The monoisotopic (exact) mass is 342 g/mol. The Labute approximate surface area is 136 Å². The van der Waals surface area contributed by atoms with Crippen molar-refractivity contribution >= 4 is 11.4 Å². The third-order valence-electron chi connectivity index (χ3n) is 3.04. The van der Waals surface area contributed by atoms with E-state index < -0.39 is 17.2 Å². The fraction of sp³-hybridized carbons (Fsp3) is 0.375. The predicted molar refractivity (Wildman–Crippen MR) is 85.2 cm³/mol. The molecule has 2 rings (SSSR count). The summed E-state index contributed by atoms with van der Waals surface area (Å²) in [5, 5.41) is 5.80. The maximum atomic E-state index is 12.1. The first-order chi connectivity index (χ1) is 11.0. The van der Waals surface area contributed by atoms with Crippen LogP contribution in [0.15, 0.2) is 33.9 Å². The standard InChI is InChI=1S/C16H17F3N2O3/c1-15(2,3)21-12-11(13(22)14(12)23)20-8-9-4-6-10(7-5-9)24-16(17,18)19/h4-7,20-21H,8H2,1-3H3. The molecule has 0 saturated heterocycles. The van der Waals surface area contributed by atoms with Gasteiger partial charge in [-0.05, 0) is 38.5 Å². The van der Waals surface area contributed by atoms with Crippen LogP contribution in [0.4, 0.5) is 24.5 Å². The van der Waals surface area contributed by atoms with Crippen molar-refractivity contribution in [1.82, 2.24) is 0 Å². The van der Waals surface area contributed by atoms with E-state index in [0.29, 0.717) is 5.56 Å². The van der Waals surface area contributed by atoms with Crippen LogP contribution in [0, 0.1) is 0 Å². The van der Waals surface area contributed by atoms with E-state index in [2.05, 4.69) is 15.4 Å². The van der Waals surface area contributed by atoms with Gasteiger partial charge in [-0.15, -0.1) is 13.2 Å². The Morgan fingerprint density at radius 3 is 2.00 bits per heavy atom. The van der Waals surface area contributed by atoms with Crippen LogP contribution in [0.1, 0.15) is 26.3 Å². The lowest BCUT2D eigenvalue weighted by Crippen LogP contribution is -2.41. The summed E-state index contributed by atoms with van der Waals surface area (Å²) in [6.45, 7) is 5.75. The SMILES string of the molecule is CC(C)(C)Nc1c(NCc2ccc(OC(F)(F)F)cc2)c(=O)c1=O. The van der Waals surface area contributed by atoms with Gasteiger partial charge in [-0.2, -0.15) is 0 Å². The van der Waals surface area contributed by atoms with E-state index in [-0.39, 0.29) is 29.2 Å². The van der Waals surface area contributed by atoms with Crippen molar-refractivity contribution in [3.63, 3.8) is 0 Å². The second-order valence-corrected chi connectivity index (χ2v) is 6.33. The lowest BCUT2D eigenvalue weighted by Gasteiger charge is -2.24. The highest BCUT2D eigenvalue weighted by atomic mass is 19.4. The van der Waals surface area contributed by atoms with E-state index in [4.69, 9.17) is 0 Å². The van der Waals surface area contributed by atoms with Gasteiger partial charge in [0.25, 0.3) is 10.9 Å². The van der Waals surface area contributed by atoms with E-state index in [1.807, 2.05) is 20.8 Å². The van der Waals surface area contributed by atoms with Crippen LogP contribution in [0.2, 0.25) is 0 Å². The van der Waals surface area contributed by atoms with Gasteiger partial charge in [0.05, 0.1) is 0 Å². The highest BCUT2D eigenvalue weighted by molar-refractivity contribution is 5.74. The largest absolute Gasteiger partial charge is 0.573 e. The van der Waals surface area contributed by atoms with Crippen LogP contribution in [0.5, 0.6) is 5.75 Å². The maximum Gasteiger partial charge on any atom is 0.573 e. The Hall–Kier alpha value is -2.51. The molecule has 0 aliphatic heterocycles. The Morgan fingerprint density at radius 2 is 1.50 bits per heavy atom. The third-order valence-corrected chi connectivity index (χ3v) is 3.04. The molecule has 0 aliphatic rings. The highest BCUT2D eigenvalue weighted by Crippen LogP contribution is 2.24. The number of hydrogen-bond donors (Lipinski definition) is 2. The number of rotatable bonds is 5. The lowest BCUT2D eigenvalue weighted by atomic mass is 10.1. The molecule has 0 radical (unpaired) electrons. The summed E-state index contributed by atoms with van der Waals surface area (Å²) in [6, 6.07) is 5.24. The zero-order chi connectivity index (χ0) is 18.1. The summed E-state index contributed by atoms with van der Waals surface area (Å²) in [5.41, 5.74) is -0.524. The van der Waals surface area contributed by atoms with Crippen LogP contribution in [0.3, 0.4) is 0 Å². The molecule has 0 amide bonds. The third kappa shape index (κ3) is 4.50. The molecule has 0 bridgehead atoms. The normalized spacial score (nSPS) is 12.2. The number of hydrogen-bond acceptors (Lipinski definition) is 5. The molecule has 0 aliphatic carbocycles. The van der Waals surface area contributed by atoms with Crippen LogP contribution in [0.25, 0.3) is 0 Å². The fourth-order valence-corrected chi connectivity index (χ4v) is 2.05. The molecular weight excluding hydrogens is 325 g/mol. The molecule has 2 N–H and O–H groups in total. The first-order valence-electron chi connectivity index (χ1n) is 7.16. The van der Waals surface area contributed by atoms with Crippen LogP contribution in [-0.4, -0.2) is 11.9 Å². The highest BCUT2D eigenvalue weighted by Gasteiger charge is 2.31. The Balaban J connectivity index is 2.03. The molecule has 0 fully saturated rings. The molecule has 8 heteroatoms. The lowest BCUT2D eigenvalue weighted by molar-refractivity contribution is -0.274. The number of halogens is 3. The summed E-state index contributed by atoms with van der Waals surface area (Å²) < 4.78 is 40.0. The Bertz CT molecular complexity index is 783. The van der Waals surface area contributed by atoms with Crippen molar-refractivity contribution in [1.29, 1.82) is 0 Å². The molecule has 2 aromatic carbocycles. The molecule has 5 nitrogen and oxygen atoms in total. The van der Waals surface area contributed by atoms with Gasteiger partial charge in [0.1, 0.15) is 17.1 Å². The van der Waals surface area contributed by atoms with E-state index >= 15 is 0 Å². The van der Waals surface area contributed by atoms with Crippen molar-refractivity contribution in [2.24, 2.45) is 0 Å². The van der Waals surface area contributed by atoms with Gasteiger partial charge in [0.15, 0.2) is 0 Å². The van der Waals surface area contributed by atoms with Crippen molar-refractivity contribution in [3.05, 3.63) is 50.3 Å². The molecule has 0 atom stereocenters. The minimum Gasteiger partial charge on any atom is -0.406 e. The van der Waals surface area contributed by atoms with Gasteiger partial charge in [-0.3, -0.25) is 9.59 Å².